The van der Waals surface area contributed by atoms with Crippen LogP contribution in [0.15, 0.2) is 35.5 Å². The van der Waals surface area contributed by atoms with E-state index >= 15 is 0 Å². The zero-order chi connectivity index (χ0) is 13.7. The lowest BCUT2D eigenvalue weighted by molar-refractivity contribution is -0.132. The summed E-state index contributed by atoms with van der Waals surface area (Å²) in [5, 5.41) is 8.96. The first-order valence-corrected chi connectivity index (χ1v) is 6.93. The van der Waals surface area contributed by atoms with Gasteiger partial charge in [-0.05, 0) is 19.0 Å². The number of aliphatic carboxylic acids is 1. The minimum absolute atomic E-state index is 0.366. The van der Waals surface area contributed by atoms with Gasteiger partial charge in [0.05, 0.1) is 5.57 Å². The van der Waals surface area contributed by atoms with Crippen molar-refractivity contribution in [3.8, 4) is 0 Å². The first-order valence-electron chi connectivity index (χ1n) is 6.93. The van der Waals surface area contributed by atoms with Gasteiger partial charge in [0, 0.05) is 32.7 Å². The lowest BCUT2D eigenvalue weighted by Gasteiger charge is -2.34. The fraction of sp³-hybridized carbons (Fsp3) is 0.533. The maximum Gasteiger partial charge on any atom is 0.335 e. The van der Waals surface area contributed by atoms with Crippen molar-refractivity contribution < 1.29 is 9.90 Å². The zero-order valence-corrected chi connectivity index (χ0v) is 11.5. The normalized spacial score (nSPS) is 21.7. The van der Waals surface area contributed by atoms with Gasteiger partial charge in [-0.1, -0.05) is 30.7 Å². The molecule has 0 unspecified atom stereocenters. The van der Waals surface area contributed by atoms with Crippen LogP contribution < -0.4 is 0 Å². The number of hydrogen-bond acceptors (Lipinski definition) is 3. The average Bonchev–Trinajstić information content (AvgIpc) is 2.65. The van der Waals surface area contributed by atoms with Gasteiger partial charge in [-0.2, -0.15) is 0 Å². The Kier molecular flexibility index (Phi) is 4.93. The quantitative estimate of drug-likeness (QED) is 0.834. The summed E-state index contributed by atoms with van der Waals surface area (Å²) in [6, 6.07) is 0. The van der Waals surface area contributed by atoms with Crippen LogP contribution in [0.5, 0.6) is 0 Å². The molecule has 1 aliphatic heterocycles. The molecule has 0 spiro atoms. The monoisotopic (exact) mass is 262 g/mol. The molecule has 0 aromatic rings. The van der Waals surface area contributed by atoms with E-state index in [0.29, 0.717) is 5.57 Å². The standard InChI is InChI=1S/C15H22N2O2/c1-2-16-8-10-17(11-9-16)12-13-4-3-5-14(7-6-13)15(18)19/h3,5-7H,2,4,8-12H2,1H3,(H,18,19). The number of hydrogen-bond donors (Lipinski definition) is 1. The Morgan fingerprint density at radius 3 is 2.53 bits per heavy atom. The molecule has 2 aliphatic rings. The molecule has 0 saturated carbocycles. The predicted molar refractivity (Wildman–Crippen MR) is 76.1 cm³/mol. The molecular formula is C15H22N2O2. The van der Waals surface area contributed by atoms with E-state index in [9.17, 15) is 4.79 Å². The van der Waals surface area contributed by atoms with Crippen molar-refractivity contribution in [2.75, 3.05) is 39.3 Å². The topological polar surface area (TPSA) is 43.8 Å². The van der Waals surface area contributed by atoms with E-state index in [-0.39, 0.29) is 0 Å². The number of likely N-dealkylation sites (N-methyl/N-ethyl adjacent to an activating group) is 1. The molecule has 1 N–H and O–H groups in total. The van der Waals surface area contributed by atoms with Gasteiger partial charge < -0.3 is 10.0 Å². The Bertz CT molecular complexity index is 416. The summed E-state index contributed by atoms with van der Waals surface area (Å²) in [7, 11) is 0. The highest BCUT2D eigenvalue weighted by atomic mass is 16.4. The molecule has 0 atom stereocenters. The van der Waals surface area contributed by atoms with Crippen LogP contribution in [0.25, 0.3) is 0 Å². The van der Waals surface area contributed by atoms with Crippen LogP contribution in [0.4, 0.5) is 0 Å². The number of rotatable bonds is 4. The van der Waals surface area contributed by atoms with Gasteiger partial charge in [0.25, 0.3) is 0 Å². The van der Waals surface area contributed by atoms with Crippen molar-refractivity contribution in [2.24, 2.45) is 0 Å². The van der Waals surface area contributed by atoms with Crippen molar-refractivity contribution >= 4 is 5.97 Å². The van der Waals surface area contributed by atoms with Gasteiger partial charge in [-0.3, -0.25) is 4.90 Å². The number of nitrogens with zero attached hydrogens (tertiary/aromatic N) is 2. The van der Waals surface area contributed by atoms with Gasteiger partial charge in [-0.25, -0.2) is 4.79 Å². The SMILES string of the molecule is CCN1CCN(CC2=CC=C(C(=O)O)C=CC2)CC1. The number of carboxylic acid groups (broad SMARTS) is 1. The Labute approximate surface area is 114 Å². The highest BCUT2D eigenvalue weighted by Gasteiger charge is 2.16. The molecule has 1 aliphatic carbocycles. The first-order chi connectivity index (χ1) is 9.19. The molecule has 0 radical (unpaired) electrons. The third kappa shape index (κ3) is 4.04. The average molecular weight is 262 g/mol. The van der Waals surface area contributed by atoms with E-state index in [1.807, 2.05) is 12.2 Å². The molecular weight excluding hydrogens is 240 g/mol. The largest absolute Gasteiger partial charge is 0.478 e. The van der Waals surface area contributed by atoms with Crippen molar-refractivity contribution in [2.45, 2.75) is 13.3 Å². The minimum Gasteiger partial charge on any atom is -0.478 e. The van der Waals surface area contributed by atoms with E-state index in [0.717, 1.165) is 45.7 Å². The lowest BCUT2D eigenvalue weighted by atomic mass is 10.1. The molecule has 2 rings (SSSR count). The summed E-state index contributed by atoms with van der Waals surface area (Å²) in [5.74, 6) is -0.856. The Balaban J connectivity index is 1.90. The summed E-state index contributed by atoms with van der Waals surface area (Å²) in [5.41, 5.74) is 1.66. The van der Waals surface area contributed by atoms with E-state index in [4.69, 9.17) is 5.11 Å². The van der Waals surface area contributed by atoms with Crippen LogP contribution in [0, 0.1) is 0 Å². The third-order valence-corrected chi connectivity index (χ3v) is 3.76. The van der Waals surface area contributed by atoms with Crippen LogP contribution in [0.1, 0.15) is 13.3 Å². The highest BCUT2D eigenvalue weighted by molar-refractivity contribution is 5.90. The number of carbonyl (C=O) groups is 1. The van der Waals surface area contributed by atoms with Crippen LogP contribution in [-0.2, 0) is 4.79 Å². The first kappa shape index (κ1) is 14.0. The second-order valence-electron chi connectivity index (χ2n) is 5.07. The van der Waals surface area contributed by atoms with Crippen molar-refractivity contribution in [3.05, 3.63) is 35.5 Å². The second-order valence-corrected chi connectivity index (χ2v) is 5.07. The highest BCUT2D eigenvalue weighted by Crippen LogP contribution is 2.14. The van der Waals surface area contributed by atoms with Gasteiger partial charge in [0.2, 0.25) is 0 Å². The Morgan fingerprint density at radius 1 is 1.21 bits per heavy atom. The summed E-state index contributed by atoms with van der Waals surface area (Å²) in [4.78, 5) is 15.8. The second kappa shape index (κ2) is 6.68. The van der Waals surface area contributed by atoms with Crippen molar-refractivity contribution in [3.63, 3.8) is 0 Å². The smallest absolute Gasteiger partial charge is 0.335 e. The summed E-state index contributed by atoms with van der Waals surface area (Å²) < 4.78 is 0. The number of carboxylic acids is 1. The Hall–Kier alpha value is -1.39. The maximum absolute atomic E-state index is 10.9. The molecule has 0 aromatic heterocycles. The fourth-order valence-electron chi connectivity index (χ4n) is 2.48. The van der Waals surface area contributed by atoms with Crippen molar-refractivity contribution in [1.29, 1.82) is 0 Å². The molecule has 4 heteroatoms. The molecule has 1 saturated heterocycles. The van der Waals surface area contributed by atoms with Gasteiger partial charge in [-0.15, -0.1) is 0 Å². The molecule has 4 nitrogen and oxygen atoms in total. The van der Waals surface area contributed by atoms with E-state index in [1.54, 1.807) is 12.2 Å². The lowest BCUT2D eigenvalue weighted by Crippen LogP contribution is -2.46. The van der Waals surface area contributed by atoms with Crippen LogP contribution in [0.2, 0.25) is 0 Å². The minimum atomic E-state index is -0.856. The Morgan fingerprint density at radius 2 is 1.89 bits per heavy atom. The summed E-state index contributed by atoms with van der Waals surface area (Å²) in [6.45, 7) is 8.75. The maximum atomic E-state index is 10.9. The summed E-state index contributed by atoms with van der Waals surface area (Å²) in [6.07, 6.45) is 8.17. The van der Waals surface area contributed by atoms with Gasteiger partial charge in [0.1, 0.15) is 0 Å². The van der Waals surface area contributed by atoms with Crippen molar-refractivity contribution in [1.82, 2.24) is 9.80 Å². The molecule has 0 aromatic carbocycles. The predicted octanol–water partition coefficient (Wildman–Crippen LogP) is 1.52. The molecule has 1 fully saturated rings. The molecule has 1 heterocycles. The third-order valence-electron chi connectivity index (χ3n) is 3.76. The van der Waals surface area contributed by atoms with Crippen LogP contribution in [0.3, 0.4) is 0 Å². The van der Waals surface area contributed by atoms with Gasteiger partial charge >= 0.3 is 5.97 Å². The summed E-state index contributed by atoms with van der Waals surface area (Å²) >= 11 is 0. The van der Waals surface area contributed by atoms with E-state index < -0.39 is 5.97 Å². The fourth-order valence-corrected chi connectivity index (χ4v) is 2.48. The number of piperazine rings is 1. The van der Waals surface area contributed by atoms with Gasteiger partial charge in [0.15, 0.2) is 0 Å². The van der Waals surface area contributed by atoms with Crippen LogP contribution in [-0.4, -0.2) is 60.1 Å². The zero-order valence-electron chi connectivity index (χ0n) is 11.5. The molecule has 0 amide bonds. The molecule has 0 bridgehead atoms. The van der Waals surface area contributed by atoms with E-state index in [1.165, 1.54) is 5.57 Å². The molecule has 104 valence electrons. The number of allylic oxidation sites excluding steroid dienone is 3. The van der Waals surface area contributed by atoms with Crippen LogP contribution >= 0.6 is 0 Å². The van der Waals surface area contributed by atoms with E-state index in [2.05, 4.69) is 16.7 Å². The molecule has 19 heavy (non-hydrogen) atoms.